The maximum Gasteiger partial charge on any atom is 0.262 e. The molecule has 2 aromatic carbocycles. The van der Waals surface area contributed by atoms with Crippen molar-refractivity contribution in [1.29, 1.82) is 0 Å². The van der Waals surface area contributed by atoms with E-state index in [2.05, 4.69) is 10.2 Å². The lowest BCUT2D eigenvalue weighted by atomic mass is 10.2. The molecular weight excluding hydrogens is 418 g/mol. The molecule has 0 aliphatic carbocycles. The van der Waals surface area contributed by atoms with E-state index in [9.17, 15) is 13.6 Å². The molecule has 4 aromatic rings. The van der Waals surface area contributed by atoms with Crippen LogP contribution < -0.4 is 5.56 Å². The summed E-state index contributed by atoms with van der Waals surface area (Å²) in [4.78, 5) is 12.9. The number of thioether (sulfide) groups is 1. The maximum absolute atomic E-state index is 14.1. The molecule has 0 saturated carbocycles. The fourth-order valence-corrected chi connectivity index (χ4v) is 4.47. The Bertz CT molecular complexity index is 1260. The zero-order valence-corrected chi connectivity index (χ0v) is 17.3. The molecule has 0 saturated heterocycles. The molecule has 0 amide bonds. The topological polar surface area (TPSA) is 52.2 Å². The average molecular weight is 435 g/mol. The standard InChI is InChI=1S/C20H17ClF2N4OS/c1-11(2)9-26-18(28)13-8-12(22)6-7-17(13)27-19(26)24-25-20(27)29-10-14-15(21)4-3-5-16(14)23/h3-8,11H,9-10H2,1-2H3. The first-order valence-corrected chi connectivity index (χ1v) is 10.4. The van der Waals surface area contributed by atoms with Crippen LogP contribution >= 0.6 is 23.4 Å². The summed E-state index contributed by atoms with van der Waals surface area (Å²) < 4.78 is 31.2. The highest BCUT2D eigenvalue weighted by Crippen LogP contribution is 2.29. The van der Waals surface area contributed by atoms with Gasteiger partial charge in [0.2, 0.25) is 5.78 Å². The zero-order chi connectivity index (χ0) is 20.7. The van der Waals surface area contributed by atoms with Crippen molar-refractivity contribution in [2.24, 2.45) is 5.92 Å². The minimum absolute atomic E-state index is 0.174. The average Bonchev–Trinajstić information content (AvgIpc) is 3.08. The van der Waals surface area contributed by atoms with Gasteiger partial charge in [-0.2, -0.15) is 0 Å². The van der Waals surface area contributed by atoms with Crippen LogP contribution in [-0.4, -0.2) is 19.2 Å². The van der Waals surface area contributed by atoms with Crippen LogP contribution in [-0.2, 0) is 12.3 Å². The summed E-state index contributed by atoms with van der Waals surface area (Å²) in [5, 5.41) is 9.44. The summed E-state index contributed by atoms with van der Waals surface area (Å²) in [7, 11) is 0. The molecule has 0 aliphatic heterocycles. The molecular formula is C20H17ClF2N4OS. The molecule has 0 aliphatic rings. The fourth-order valence-electron chi connectivity index (χ4n) is 3.19. The monoisotopic (exact) mass is 434 g/mol. The molecule has 150 valence electrons. The summed E-state index contributed by atoms with van der Waals surface area (Å²) in [6.07, 6.45) is 0. The van der Waals surface area contributed by atoms with E-state index < -0.39 is 11.6 Å². The number of aromatic nitrogens is 4. The van der Waals surface area contributed by atoms with Crippen LogP contribution in [0.4, 0.5) is 8.78 Å². The van der Waals surface area contributed by atoms with Gasteiger partial charge in [-0.1, -0.05) is 43.3 Å². The molecule has 0 N–H and O–H groups in total. The maximum atomic E-state index is 14.1. The highest BCUT2D eigenvalue weighted by Gasteiger charge is 2.19. The molecule has 5 nitrogen and oxygen atoms in total. The third-order valence-electron chi connectivity index (χ3n) is 4.49. The van der Waals surface area contributed by atoms with E-state index in [1.807, 2.05) is 13.8 Å². The van der Waals surface area contributed by atoms with Crippen LogP contribution in [0.5, 0.6) is 0 Å². The zero-order valence-electron chi connectivity index (χ0n) is 15.7. The second kappa shape index (κ2) is 7.76. The number of rotatable bonds is 5. The van der Waals surface area contributed by atoms with Gasteiger partial charge in [0.1, 0.15) is 11.6 Å². The first-order valence-electron chi connectivity index (χ1n) is 8.99. The smallest absolute Gasteiger partial charge is 0.262 e. The van der Waals surface area contributed by atoms with E-state index in [0.717, 1.165) is 0 Å². The number of hydrogen-bond donors (Lipinski definition) is 0. The molecule has 0 spiro atoms. The molecule has 2 heterocycles. The van der Waals surface area contributed by atoms with Gasteiger partial charge in [0, 0.05) is 22.9 Å². The van der Waals surface area contributed by atoms with Crippen molar-refractivity contribution in [3.63, 3.8) is 0 Å². The summed E-state index contributed by atoms with van der Waals surface area (Å²) in [6.45, 7) is 4.37. The van der Waals surface area contributed by atoms with Gasteiger partial charge in [0.15, 0.2) is 5.16 Å². The molecule has 9 heteroatoms. The lowest BCUT2D eigenvalue weighted by Gasteiger charge is -2.13. The molecule has 2 aromatic heterocycles. The van der Waals surface area contributed by atoms with Crippen molar-refractivity contribution < 1.29 is 8.78 Å². The van der Waals surface area contributed by atoms with Gasteiger partial charge in [0.05, 0.1) is 10.9 Å². The molecule has 0 bridgehead atoms. The van der Waals surface area contributed by atoms with Crippen molar-refractivity contribution >= 4 is 40.0 Å². The van der Waals surface area contributed by atoms with Gasteiger partial charge in [-0.15, -0.1) is 10.2 Å². The van der Waals surface area contributed by atoms with Crippen molar-refractivity contribution in [2.75, 3.05) is 0 Å². The second-order valence-electron chi connectivity index (χ2n) is 7.08. The van der Waals surface area contributed by atoms with Gasteiger partial charge in [0.25, 0.3) is 5.56 Å². The Morgan fingerprint density at radius 3 is 2.69 bits per heavy atom. The highest BCUT2D eigenvalue weighted by atomic mass is 35.5. The lowest BCUT2D eigenvalue weighted by molar-refractivity contribution is 0.517. The van der Waals surface area contributed by atoms with Gasteiger partial charge in [-0.25, -0.2) is 8.78 Å². The Hall–Kier alpha value is -2.45. The largest absolute Gasteiger partial charge is 0.276 e. The Morgan fingerprint density at radius 2 is 1.97 bits per heavy atom. The number of fused-ring (bicyclic) bond motifs is 3. The Morgan fingerprint density at radius 1 is 1.17 bits per heavy atom. The van der Waals surface area contributed by atoms with Gasteiger partial charge in [-0.05, 0) is 36.2 Å². The van der Waals surface area contributed by atoms with Crippen LogP contribution in [0.2, 0.25) is 5.02 Å². The minimum Gasteiger partial charge on any atom is -0.276 e. The normalized spacial score (nSPS) is 11.8. The number of benzene rings is 2. The van der Waals surface area contributed by atoms with Gasteiger partial charge >= 0.3 is 0 Å². The van der Waals surface area contributed by atoms with Crippen LogP contribution in [0.3, 0.4) is 0 Å². The summed E-state index contributed by atoms with van der Waals surface area (Å²) in [6, 6.07) is 8.56. The first kappa shape index (κ1) is 19.8. The highest BCUT2D eigenvalue weighted by molar-refractivity contribution is 7.98. The van der Waals surface area contributed by atoms with Gasteiger partial charge in [-0.3, -0.25) is 13.8 Å². The minimum atomic E-state index is -0.495. The van der Waals surface area contributed by atoms with Gasteiger partial charge < -0.3 is 0 Å². The van der Waals surface area contributed by atoms with Crippen molar-refractivity contribution in [3.8, 4) is 0 Å². The number of nitrogens with zero attached hydrogens (tertiary/aromatic N) is 4. The number of halogens is 3. The van der Waals surface area contributed by atoms with E-state index in [1.54, 1.807) is 16.5 Å². The summed E-state index contributed by atoms with van der Waals surface area (Å²) in [5.41, 5.74) is 0.544. The third kappa shape index (κ3) is 3.62. The Balaban J connectivity index is 1.89. The van der Waals surface area contributed by atoms with Crippen LogP contribution in [0.15, 0.2) is 46.3 Å². The van der Waals surface area contributed by atoms with Crippen LogP contribution in [0.1, 0.15) is 19.4 Å². The van der Waals surface area contributed by atoms with E-state index in [-0.39, 0.29) is 22.6 Å². The molecule has 0 atom stereocenters. The summed E-state index contributed by atoms with van der Waals surface area (Å²) >= 11 is 7.37. The predicted octanol–water partition coefficient (Wildman–Crippen LogP) is 4.92. The molecule has 29 heavy (non-hydrogen) atoms. The van der Waals surface area contributed by atoms with Crippen LogP contribution in [0, 0.1) is 17.6 Å². The third-order valence-corrected chi connectivity index (χ3v) is 5.80. The predicted molar refractivity (Wildman–Crippen MR) is 111 cm³/mol. The Kier molecular flexibility index (Phi) is 5.31. The molecule has 0 fully saturated rings. The second-order valence-corrected chi connectivity index (χ2v) is 8.43. The fraction of sp³-hybridized carbons (Fsp3) is 0.250. The molecule has 0 radical (unpaired) electrons. The van der Waals surface area contributed by atoms with Crippen molar-refractivity contribution in [1.82, 2.24) is 19.2 Å². The SMILES string of the molecule is CC(C)Cn1c(=O)c2cc(F)ccc2n2c(SCc3c(F)cccc3Cl)nnc12. The lowest BCUT2D eigenvalue weighted by Crippen LogP contribution is -2.25. The molecule has 0 unspecified atom stereocenters. The Labute approximate surface area is 174 Å². The van der Waals surface area contributed by atoms with Crippen molar-refractivity contribution in [3.05, 3.63) is 69.0 Å². The van der Waals surface area contributed by atoms with Crippen molar-refractivity contribution in [2.45, 2.75) is 31.3 Å². The van der Waals surface area contributed by atoms with E-state index in [1.165, 1.54) is 40.6 Å². The van der Waals surface area contributed by atoms with E-state index in [0.29, 0.717) is 33.6 Å². The van der Waals surface area contributed by atoms with E-state index in [4.69, 9.17) is 11.6 Å². The first-order chi connectivity index (χ1) is 13.9. The molecule has 4 rings (SSSR count). The quantitative estimate of drug-likeness (QED) is 0.418. The van der Waals surface area contributed by atoms with E-state index >= 15 is 0 Å². The van der Waals surface area contributed by atoms with Crippen LogP contribution in [0.25, 0.3) is 16.7 Å². The summed E-state index contributed by atoms with van der Waals surface area (Å²) in [5.74, 6) is -0.122. The number of hydrogen-bond acceptors (Lipinski definition) is 4.